The van der Waals surface area contributed by atoms with E-state index in [1.807, 2.05) is 0 Å². The van der Waals surface area contributed by atoms with Gasteiger partial charge in [-0.15, -0.1) is 10.2 Å². The fraction of sp³-hybridized carbons (Fsp3) is 0.308. The molecule has 0 spiro atoms. The van der Waals surface area contributed by atoms with E-state index >= 15 is 0 Å². The molecular weight excluding hydrogens is 349 g/mol. The Labute approximate surface area is 137 Å². The summed E-state index contributed by atoms with van der Waals surface area (Å²) in [6.45, 7) is 0. The van der Waals surface area contributed by atoms with Gasteiger partial charge in [0, 0.05) is 5.56 Å². The Kier molecular flexibility index (Phi) is 3.95. The van der Waals surface area contributed by atoms with Crippen LogP contribution in [0.4, 0.5) is 13.2 Å². The van der Waals surface area contributed by atoms with E-state index in [-0.39, 0.29) is 4.96 Å². The molecule has 128 valence electrons. The molecule has 2 heterocycles. The smallest absolute Gasteiger partial charge is 0.453 e. The third kappa shape index (κ3) is 2.60. The van der Waals surface area contributed by atoms with Gasteiger partial charge < -0.3 is 14.2 Å². The molecule has 0 aliphatic carbocycles. The third-order valence-electron chi connectivity index (χ3n) is 3.16. The molecule has 0 aliphatic heterocycles. The first-order chi connectivity index (χ1) is 11.4. The largest absolute Gasteiger partial charge is 0.493 e. The van der Waals surface area contributed by atoms with Gasteiger partial charge in [-0.1, -0.05) is 11.3 Å². The molecule has 0 amide bonds. The minimum atomic E-state index is -4.64. The summed E-state index contributed by atoms with van der Waals surface area (Å²) in [5, 5.41) is 10.9. The van der Waals surface area contributed by atoms with Crippen molar-refractivity contribution in [2.24, 2.45) is 0 Å². The van der Waals surface area contributed by atoms with E-state index in [0.717, 1.165) is 11.3 Å². The van der Waals surface area contributed by atoms with Crippen LogP contribution in [0.3, 0.4) is 0 Å². The van der Waals surface area contributed by atoms with Crippen molar-refractivity contribution in [3.63, 3.8) is 0 Å². The zero-order valence-electron chi connectivity index (χ0n) is 12.7. The Morgan fingerprint density at radius 2 is 1.62 bits per heavy atom. The van der Waals surface area contributed by atoms with E-state index in [4.69, 9.17) is 14.2 Å². The van der Waals surface area contributed by atoms with Gasteiger partial charge in [0.25, 0.3) is 5.82 Å². The lowest BCUT2D eigenvalue weighted by molar-refractivity contribution is -0.146. The molecule has 0 N–H and O–H groups in total. The number of nitrogens with zero attached hydrogens (tertiary/aromatic N) is 4. The summed E-state index contributed by atoms with van der Waals surface area (Å²) in [5.41, 5.74) is 0.508. The van der Waals surface area contributed by atoms with Crippen LogP contribution in [0.1, 0.15) is 5.82 Å². The van der Waals surface area contributed by atoms with Crippen LogP contribution in [-0.2, 0) is 6.18 Å². The van der Waals surface area contributed by atoms with Gasteiger partial charge in [0.15, 0.2) is 11.5 Å². The molecular formula is C13H11F3N4O3S. The SMILES string of the molecule is COc1cc(-c2nn3c(C(F)(F)F)nnc3s2)cc(OC)c1OC. The predicted octanol–water partition coefficient (Wildman–Crippen LogP) is 2.90. The fourth-order valence-electron chi connectivity index (χ4n) is 2.11. The average molecular weight is 360 g/mol. The van der Waals surface area contributed by atoms with Gasteiger partial charge in [0.05, 0.1) is 21.3 Å². The van der Waals surface area contributed by atoms with Gasteiger partial charge in [0.2, 0.25) is 10.7 Å². The van der Waals surface area contributed by atoms with Crippen LogP contribution in [-0.4, -0.2) is 41.1 Å². The summed E-state index contributed by atoms with van der Waals surface area (Å²) in [4.78, 5) is 0.0334. The van der Waals surface area contributed by atoms with Gasteiger partial charge in [0.1, 0.15) is 5.01 Å². The highest BCUT2D eigenvalue weighted by Gasteiger charge is 2.38. The Morgan fingerprint density at radius 3 is 2.12 bits per heavy atom. The first-order valence-electron chi connectivity index (χ1n) is 6.49. The minimum absolute atomic E-state index is 0.0334. The van der Waals surface area contributed by atoms with Crippen LogP contribution in [0.5, 0.6) is 17.2 Å². The maximum atomic E-state index is 12.9. The van der Waals surface area contributed by atoms with E-state index in [1.54, 1.807) is 12.1 Å². The van der Waals surface area contributed by atoms with Crippen molar-refractivity contribution in [3.8, 4) is 27.8 Å². The number of aromatic nitrogens is 4. The molecule has 11 heteroatoms. The number of alkyl halides is 3. The Morgan fingerprint density at radius 1 is 1.00 bits per heavy atom. The second-order valence-corrected chi connectivity index (χ2v) is 5.49. The second kappa shape index (κ2) is 5.82. The highest BCUT2D eigenvalue weighted by Crippen LogP contribution is 2.42. The summed E-state index contributed by atoms with van der Waals surface area (Å²) >= 11 is 0.965. The lowest BCUT2D eigenvalue weighted by atomic mass is 10.2. The Bertz CT molecular complexity index is 865. The highest BCUT2D eigenvalue weighted by molar-refractivity contribution is 7.19. The van der Waals surface area contributed by atoms with E-state index in [9.17, 15) is 13.2 Å². The molecule has 0 bridgehead atoms. The van der Waals surface area contributed by atoms with Crippen LogP contribution in [0.15, 0.2) is 12.1 Å². The van der Waals surface area contributed by atoms with E-state index in [1.165, 1.54) is 21.3 Å². The molecule has 24 heavy (non-hydrogen) atoms. The van der Waals surface area contributed by atoms with Crippen molar-refractivity contribution in [2.45, 2.75) is 6.18 Å². The quantitative estimate of drug-likeness (QED) is 0.713. The number of rotatable bonds is 4. The fourth-order valence-corrected chi connectivity index (χ4v) is 2.94. The summed E-state index contributed by atoms with van der Waals surface area (Å²) in [7, 11) is 4.35. The summed E-state index contributed by atoms with van der Waals surface area (Å²) in [5.74, 6) is -0.0575. The molecule has 0 fully saturated rings. The molecule has 2 aromatic heterocycles. The molecule has 0 aliphatic rings. The number of fused-ring (bicyclic) bond motifs is 1. The van der Waals surface area contributed by atoms with Crippen molar-refractivity contribution < 1.29 is 27.4 Å². The number of hydrogen-bond acceptors (Lipinski definition) is 7. The summed E-state index contributed by atoms with van der Waals surface area (Å²) < 4.78 is 55.0. The molecule has 0 radical (unpaired) electrons. The van der Waals surface area contributed by atoms with Gasteiger partial charge in [-0.05, 0) is 12.1 Å². The third-order valence-corrected chi connectivity index (χ3v) is 4.10. The number of methoxy groups -OCH3 is 3. The van der Waals surface area contributed by atoms with Crippen LogP contribution in [0.2, 0.25) is 0 Å². The number of hydrogen-bond donors (Lipinski definition) is 0. The monoisotopic (exact) mass is 360 g/mol. The molecule has 1 aromatic carbocycles. The van der Waals surface area contributed by atoms with Gasteiger partial charge >= 0.3 is 6.18 Å². The Balaban J connectivity index is 2.15. The molecule has 0 saturated heterocycles. The highest BCUT2D eigenvalue weighted by atomic mass is 32.1. The maximum Gasteiger partial charge on any atom is 0.453 e. The predicted molar refractivity (Wildman–Crippen MR) is 78.8 cm³/mol. The van der Waals surface area contributed by atoms with Crippen molar-refractivity contribution in [1.29, 1.82) is 0 Å². The molecule has 7 nitrogen and oxygen atoms in total. The van der Waals surface area contributed by atoms with Crippen LogP contribution in [0.25, 0.3) is 15.5 Å². The van der Waals surface area contributed by atoms with Crippen LogP contribution < -0.4 is 14.2 Å². The number of benzene rings is 1. The van der Waals surface area contributed by atoms with Crippen molar-refractivity contribution in [1.82, 2.24) is 19.8 Å². The van der Waals surface area contributed by atoms with Gasteiger partial charge in [-0.25, -0.2) is 0 Å². The Hall–Kier alpha value is -2.56. The summed E-state index contributed by atoms with van der Waals surface area (Å²) in [6.07, 6.45) is -4.64. The number of halogens is 3. The van der Waals surface area contributed by atoms with E-state index < -0.39 is 12.0 Å². The molecule has 3 aromatic rings. The zero-order valence-corrected chi connectivity index (χ0v) is 13.5. The first kappa shape index (κ1) is 16.3. The zero-order chi connectivity index (χ0) is 17.5. The van der Waals surface area contributed by atoms with Crippen molar-refractivity contribution in [3.05, 3.63) is 18.0 Å². The molecule has 0 saturated carbocycles. The van der Waals surface area contributed by atoms with Crippen LogP contribution >= 0.6 is 11.3 Å². The maximum absolute atomic E-state index is 12.9. The second-order valence-electron chi connectivity index (χ2n) is 4.54. The first-order valence-corrected chi connectivity index (χ1v) is 7.30. The van der Waals surface area contributed by atoms with Gasteiger partial charge in [-0.3, -0.25) is 0 Å². The topological polar surface area (TPSA) is 70.8 Å². The lowest BCUT2D eigenvalue weighted by Gasteiger charge is -2.13. The van der Waals surface area contributed by atoms with Gasteiger partial charge in [-0.2, -0.15) is 22.8 Å². The molecule has 0 unspecified atom stereocenters. The summed E-state index contributed by atoms with van der Waals surface area (Å²) in [6, 6.07) is 3.20. The van der Waals surface area contributed by atoms with E-state index in [2.05, 4.69) is 15.3 Å². The van der Waals surface area contributed by atoms with Crippen molar-refractivity contribution in [2.75, 3.05) is 21.3 Å². The normalized spacial score (nSPS) is 11.8. The average Bonchev–Trinajstić information content (AvgIpc) is 3.12. The van der Waals surface area contributed by atoms with E-state index in [0.29, 0.717) is 32.3 Å². The lowest BCUT2D eigenvalue weighted by Crippen LogP contribution is -2.11. The molecule has 0 atom stereocenters. The molecule has 3 rings (SSSR count). The van der Waals surface area contributed by atoms with Crippen LogP contribution in [0, 0.1) is 0 Å². The number of ether oxygens (including phenoxy) is 3. The minimum Gasteiger partial charge on any atom is -0.493 e. The standard InChI is InChI=1S/C13H11F3N4O3S/c1-21-7-4-6(5-8(22-2)9(7)23-3)10-19-20-11(13(14,15)16)17-18-12(20)24-10/h4-5H,1-3H3. The van der Waals surface area contributed by atoms with Crippen molar-refractivity contribution >= 4 is 16.3 Å².